The molecule has 25 heavy (non-hydrogen) atoms. The maximum atomic E-state index is 12.4. The van der Waals surface area contributed by atoms with Crippen molar-refractivity contribution in [2.75, 3.05) is 19.8 Å². The number of amides is 1. The summed E-state index contributed by atoms with van der Waals surface area (Å²) in [5.74, 6) is -1.50. The lowest BCUT2D eigenvalue weighted by molar-refractivity contribution is -0.138. The third kappa shape index (κ3) is 4.88. The lowest BCUT2D eigenvalue weighted by atomic mass is 9.94. The minimum absolute atomic E-state index is 0.0235. The monoisotopic (exact) mass is 368 g/mol. The summed E-state index contributed by atoms with van der Waals surface area (Å²) < 4.78 is 31.5. The summed E-state index contributed by atoms with van der Waals surface area (Å²) in [6, 6.07) is 5.38. The largest absolute Gasteiger partial charge is 0.481 e. The average molecular weight is 368 g/mol. The SMILES string of the molecule is C=CCNS(=O)(=O)c1ccc(C(=O)NC2(CC(=O)O)CCOC2)cc1. The Bertz CT molecular complexity index is 751. The number of carboxylic acids is 1. The summed E-state index contributed by atoms with van der Waals surface area (Å²) in [6.07, 6.45) is 1.59. The summed E-state index contributed by atoms with van der Waals surface area (Å²) in [4.78, 5) is 23.4. The molecule has 1 unspecified atom stereocenters. The predicted molar refractivity (Wildman–Crippen MR) is 89.7 cm³/mol. The molecule has 0 aromatic heterocycles. The van der Waals surface area contributed by atoms with Gasteiger partial charge in [-0.05, 0) is 30.7 Å². The maximum absolute atomic E-state index is 12.4. The number of hydrogen-bond donors (Lipinski definition) is 3. The molecule has 8 nitrogen and oxygen atoms in total. The lowest BCUT2D eigenvalue weighted by Crippen LogP contribution is -2.50. The maximum Gasteiger partial charge on any atom is 0.305 e. The second-order valence-electron chi connectivity index (χ2n) is 5.77. The molecule has 1 amide bonds. The molecule has 0 aliphatic carbocycles. The van der Waals surface area contributed by atoms with E-state index in [1.807, 2.05) is 0 Å². The van der Waals surface area contributed by atoms with Gasteiger partial charge in [0.2, 0.25) is 10.0 Å². The summed E-state index contributed by atoms with van der Waals surface area (Å²) in [5.41, 5.74) is -0.710. The highest BCUT2D eigenvalue weighted by Gasteiger charge is 2.38. The topological polar surface area (TPSA) is 122 Å². The number of aliphatic carboxylic acids is 1. The van der Waals surface area contributed by atoms with Gasteiger partial charge in [-0.2, -0.15) is 0 Å². The summed E-state index contributed by atoms with van der Waals surface area (Å²) in [6.45, 7) is 4.04. The first-order valence-corrected chi connectivity index (χ1v) is 9.09. The van der Waals surface area contributed by atoms with E-state index in [0.29, 0.717) is 13.0 Å². The first-order valence-electron chi connectivity index (χ1n) is 7.61. The standard InChI is InChI=1S/C16H20N2O6S/c1-2-8-17-25(22,23)13-5-3-12(4-6-13)15(21)18-16(10-14(19)20)7-9-24-11-16/h2-6,17H,1,7-11H2,(H,18,21)(H,19,20). The molecule has 1 atom stereocenters. The molecule has 0 spiro atoms. The number of ether oxygens (including phenoxy) is 1. The quantitative estimate of drug-likeness (QED) is 0.575. The van der Waals surface area contributed by atoms with Crippen molar-refractivity contribution in [2.24, 2.45) is 0 Å². The van der Waals surface area contributed by atoms with Gasteiger partial charge in [-0.1, -0.05) is 6.08 Å². The van der Waals surface area contributed by atoms with Gasteiger partial charge >= 0.3 is 5.97 Å². The van der Waals surface area contributed by atoms with Gasteiger partial charge in [0.15, 0.2) is 0 Å². The minimum atomic E-state index is -3.67. The molecule has 1 aliphatic rings. The van der Waals surface area contributed by atoms with Gasteiger partial charge in [-0.25, -0.2) is 13.1 Å². The van der Waals surface area contributed by atoms with Crippen molar-refractivity contribution in [3.05, 3.63) is 42.5 Å². The van der Waals surface area contributed by atoms with Gasteiger partial charge in [0.1, 0.15) is 0 Å². The first-order chi connectivity index (χ1) is 11.8. The van der Waals surface area contributed by atoms with E-state index in [0.717, 1.165) is 0 Å². The Hall–Kier alpha value is -2.23. The molecule has 9 heteroatoms. The van der Waals surface area contributed by atoms with Crippen LogP contribution >= 0.6 is 0 Å². The summed E-state index contributed by atoms with van der Waals surface area (Å²) in [5, 5.41) is 11.7. The molecule has 1 heterocycles. The number of carbonyl (C=O) groups is 2. The van der Waals surface area contributed by atoms with Crippen LogP contribution in [0, 0.1) is 0 Å². The van der Waals surface area contributed by atoms with Crippen molar-refractivity contribution >= 4 is 21.9 Å². The van der Waals surface area contributed by atoms with Gasteiger partial charge in [0.25, 0.3) is 5.91 Å². The molecule has 1 fully saturated rings. The summed E-state index contributed by atoms with van der Waals surface area (Å²) in [7, 11) is -3.67. The van der Waals surface area contributed by atoms with Crippen LogP contribution in [0.1, 0.15) is 23.2 Å². The Labute approximate surface area is 145 Å². The van der Waals surface area contributed by atoms with Crippen LogP contribution in [0.5, 0.6) is 0 Å². The van der Waals surface area contributed by atoms with Gasteiger partial charge in [-0.3, -0.25) is 9.59 Å². The molecule has 1 aromatic carbocycles. The Morgan fingerprint density at radius 2 is 2.00 bits per heavy atom. The number of nitrogens with one attached hydrogen (secondary N) is 2. The number of hydrogen-bond acceptors (Lipinski definition) is 5. The van der Waals surface area contributed by atoms with E-state index >= 15 is 0 Å². The molecule has 136 valence electrons. The van der Waals surface area contributed by atoms with Crippen LogP contribution in [0.15, 0.2) is 41.8 Å². The number of rotatable bonds is 8. The van der Waals surface area contributed by atoms with E-state index in [2.05, 4.69) is 16.6 Å². The van der Waals surface area contributed by atoms with Crippen LogP contribution in [-0.4, -0.2) is 50.7 Å². The highest BCUT2D eigenvalue weighted by molar-refractivity contribution is 7.89. The van der Waals surface area contributed by atoms with Crippen molar-refractivity contribution in [3.63, 3.8) is 0 Å². The summed E-state index contributed by atoms with van der Waals surface area (Å²) >= 11 is 0. The van der Waals surface area contributed by atoms with Gasteiger partial charge in [0, 0.05) is 18.7 Å². The molecule has 1 aliphatic heterocycles. The van der Waals surface area contributed by atoms with Crippen molar-refractivity contribution < 1.29 is 27.9 Å². The molecular weight excluding hydrogens is 348 g/mol. The lowest BCUT2D eigenvalue weighted by Gasteiger charge is -2.27. The molecule has 0 saturated carbocycles. The zero-order valence-corrected chi connectivity index (χ0v) is 14.3. The fourth-order valence-electron chi connectivity index (χ4n) is 2.53. The van der Waals surface area contributed by atoms with Crippen molar-refractivity contribution in [1.29, 1.82) is 0 Å². The number of sulfonamides is 1. The van der Waals surface area contributed by atoms with E-state index in [9.17, 15) is 18.0 Å². The fraction of sp³-hybridized carbons (Fsp3) is 0.375. The Morgan fingerprint density at radius 3 is 2.52 bits per heavy atom. The third-order valence-corrected chi connectivity index (χ3v) is 5.26. The smallest absolute Gasteiger partial charge is 0.305 e. The predicted octanol–water partition coefficient (Wildman–Crippen LogP) is 0.515. The van der Waals surface area contributed by atoms with E-state index in [1.165, 1.54) is 30.3 Å². The first kappa shape index (κ1) is 19.1. The minimum Gasteiger partial charge on any atom is -0.481 e. The molecule has 0 bridgehead atoms. The van der Waals surface area contributed by atoms with Crippen LogP contribution in [0.25, 0.3) is 0 Å². The van der Waals surface area contributed by atoms with E-state index < -0.39 is 27.4 Å². The molecule has 2 rings (SSSR count). The number of benzene rings is 1. The Morgan fingerprint density at radius 1 is 1.32 bits per heavy atom. The van der Waals surface area contributed by atoms with Gasteiger partial charge in [0.05, 0.1) is 23.5 Å². The van der Waals surface area contributed by atoms with Crippen molar-refractivity contribution in [2.45, 2.75) is 23.3 Å². The molecule has 1 saturated heterocycles. The Balaban J connectivity index is 2.12. The van der Waals surface area contributed by atoms with Crippen LogP contribution in [0.4, 0.5) is 0 Å². The second-order valence-corrected chi connectivity index (χ2v) is 7.54. The zero-order chi connectivity index (χ0) is 18.5. The average Bonchev–Trinajstić information content (AvgIpc) is 3.00. The van der Waals surface area contributed by atoms with Crippen LogP contribution in [0.3, 0.4) is 0 Å². The number of carbonyl (C=O) groups excluding carboxylic acids is 1. The second kappa shape index (κ2) is 7.77. The van der Waals surface area contributed by atoms with E-state index in [-0.39, 0.29) is 30.0 Å². The Kier molecular flexibility index (Phi) is 5.93. The van der Waals surface area contributed by atoms with Crippen LogP contribution < -0.4 is 10.0 Å². The van der Waals surface area contributed by atoms with Gasteiger partial charge < -0.3 is 15.2 Å². The van der Waals surface area contributed by atoms with Crippen LogP contribution in [0.2, 0.25) is 0 Å². The highest BCUT2D eigenvalue weighted by Crippen LogP contribution is 2.23. The molecule has 0 radical (unpaired) electrons. The highest BCUT2D eigenvalue weighted by atomic mass is 32.2. The number of carboxylic acid groups (broad SMARTS) is 1. The molecule has 3 N–H and O–H groups in total. The van der Waals surface area contributed by atoms with E-state index in [4.69, 9.17) is 9.84 Å². The molecular formula is C16H20N2O6S. The van der Waals surface area contributed by atoms with E-state index in [1.54, 1.807) is 0 Å². The molecule has 1 aromatic rings. The van der Waals surface area contributed by atoms with Crippen LogP contribution in [-0.2, 0) is 19.6 Å². The van der Waals surface area contributed by atoms with Crippen molar-refractivity contribution in [1.82, 2.24) is 10.0 Å². The fourth-order valence-corrected chi connectivity index (χ4v) is 3.53. The normalized spacial score (nSPS) is 20.2. The zero-order valence-electron chi connectivity index (χ0n) is 13.5. The third-order valence-electron chi connectivity index (χ3n) is 3.82. The van der Waals surface area contributed by atoms with Crippen molar-refractivity contribution in [3.8, 4) is 0 Å². The van der Waals surface area contributed by atoms with Gasteiger partial charge in [-0.15, -0.1) is 6.58 Å².